The molecular formula is C30H39F2IN5O6+. The maximum atomic E-state index is 15.4. The molecule has 0 spiro atoms. The van der Waals surface area contributed by atoms with Crippen LogP contribution in [0.25, 0.3) is 0 Å². The minimum Gasteiger partial charge on any atom is -0.497 e. The molecule has 4 amide bonds. The standard InChI is InChI=1S/C30H39F2IN5O6/c1-29(2,3)43-26(39)34-25(37-17-35(7)27(40)36(8)18-37)38(28(41)44-30(4,5)6)16-19-14-22(31)24(23(32)15-19)33-20-10-12-21(42-9)13-11-20/h10-15H,16-18H2,1-9H3/q+1/b34-25-. The molecular weight excluding hydrogens is 691 g/mol. The molecule has 240 valence electrons. The fourth-order valence-corrected chi connectivity index (χ4v) is 6.18. The Morgan fingerprint density at radius 1 is 0.932 bits per heavy atom. The molecule has 0 aliphatic carbocycles. The maximum Gasteiger partial charge on any atom is 0.437 e. The normalized spacial score (nSPS) is 14.5. The lowest BCUT2D eigenvalue weighted by molar-refractivity contribution is -0.603. The van der Waals surface area contributed by atoms with Crippen molar-refractivity contribution in [1.29, 1.82) is 0 Å². The molecule has 0 atom stereocenters. The van der Waals surface area contributed by atoms with Crippen LogP contribution in [0.4, 0.5) is 23.2 Å². The lowest BCUT2D eigenvalue weighted by atomic mass is 10.2. The number of methoxy groups -OCH3 is 1. The summed E-state index contributed by atoms with van der Waals surface area (Å²) in [6.45, 7) is 9.47. The summed E-state index contributed by atoms with van der Waals surface area (Å²) in [6, 6.07) is 9.00. The van der Waals surface area contributed by atoms with Crippen molar-refractivity contribution in [3.8, 4) is 5.75 Å². The van der Waals surface area contributed by atoms with Gasteiger partial charge < -0.3 is 28.9 Å². The summed E-state index contributed by atoms with van der Waals surface area (Å²) in [5, 5.41) is 0. The van der Waals surface area contributed by atoms with Crippen LogP contribution in [-0.4, -0.2) is 89.5 Å². The van der Waals surface area contributed by atoms with Crippen molar-refractivity contribution in [2.75, 3.05) is 34.5 Å². The molecule has 1 fully saturated rings. The molecule has 3 rings (SSSR count). The van der Waals surface area contributed by atoms with Crippen molar-refractivity contribution in [2.45, 2.75) is 59.3 Å². The molecule has 0 unspecified atom stereocenters. The fourth-order valence-electron chi connectivity index (χ4n) is 4.01. The number of benzene rings is 2. The Kier molecular flexibility index (Phi) is 11.0. The van der Waals surface area contributed by atoms with Crippen LogP contribution in [0.1, 0.15) is 47.1 Å². The molecule has 14 heteroatoms. The van der Waals surface area contributed by atoms with E-state index >= 15 is 8.78 Å². The van der Waals surface area contributed by atoms with Crippen molar-refractivity contribution in [3.63, 3.8) is 0 Å². The number of urea groups is 1. The van der Waals surface area contributed by atoms with Crippen LogP contribution in [0.2, 0.25) is 0 Å². The third kappa shape index (κ3) is 9.66. The Labute approximate surface area is 267 Å². The van der Waals surface area contributed by atoms with Gasteiger partial charge in [0, 0.05) is 14.1 Å². The zero-order valence-electron chi connectivity index (χ0n) is 26.4. The highest BCUT2D eigenvalue weighted by molar-refractivity contribution is 5.99. The molecule has 1 saturated heterocycles. The molecule has 1 heterocycles. The van der Waals surface area contributed by atoms with E-state index in [9.17, 15) is 14.4 Å². The van der Waals surface area contributed by atoms with E-state index in [0.29, 0.717) is 5.75 Å². The van der Waals surface area contributed by atoms with E-state index in [1.807, 2.05) is 0 Å². The number of nitrogens with zero attached hydrogens (tertiary/aromatic N) is 5. The van der Waals surface area contributed by atoms with E-state index in [-0.39, 0.29) is 34.5 Å². The average Bonchev–Trinajstić information content (AvgIpc) is 2.89. The number of aliphatic imine (C=N–C) groups is 1. The van der Waals surface area contributed by atoms with E-state index in [1.165, 1.54) is 21.8 Å². The number of hydrogen-bond donors (Lipinski definition) is 0. The zero-order valence-corrected chi connectivity index (χ0v) is 28.6. The third-order valence-corrected chi connectivity index (χ3v) is 8.69. The summed E-state index contributed by atoms with van der Waals surface area (Å²) in [4.78, 5) is 48.4. The minimum absolute atomic E-state index is 0.0398. The van der Waals surface area contributed by atoms with Gasteiger partial charge in [0.15, 0.2) is 15.2 Å². The molecule has 0 N–H and O–H groups in total. The van der Waals surface area contributed by atoms with E-state index < -0.39 is 62.8 Å². The van der Waals surface area contributed by atoms with Crippen LogP contribution >= 0.6 is 0 Å². The second-order valence-electron chi connectivity index (χ2n) is 12.1. The molecule has 1 aliphatic rings. The fraction of sp³-hybridized carbons (Fsp3) is 0.467. The quantitative estimate of drug-likeness (QED) is 0.202. The number of ether oxygens (including phenoxy) is 3. The van der Waals surface area contributed by atoms with Gasteiger partial charge in [0.25, 0.3) is 3.57 Å². The van der Waals surface area contributed by atoms with Crippen molar-refractivity contribution < 1.29 is 58.6 Å². The Bertz CT molecular complexity index is 1370. The summed E-state index contributed by atoms with van der Waals surface area (Å²) in [7, 11) is 4.63. The monoisotopic (exact) mass is 730 g/mol. The van der Waals surface area contributed by atoms with Gasteiger partial charge in [-0.1, -0.05) is 0 Å². The molecule has 0 saturated carbocycles. The Balaban J connectivity index is 2.06. The topological polar surface area (TPSA) is 104 Å². The summed E-state index contributed by atoms with van der Waals surface area (Å²) < 4.78 is 47.8. The highest BCUT2D eigenvalue weighted by atomic mass is 127. The number of carbonyl (C=O) groups is 3. The Morgan fingerprint density at radius 2 is 1.45 bits per heavy atom. The van der Waals surface area contributed by atoms with E-state index in [2.05, 4.69) is 4.99 Å². The first kappa shape index (κ1) is 34.8. The van der Waals surface area contributed by atoms with Gasteiger partial charge in [0.05, 0.1) is 27.0 Å². The van der Waals surface area contributed by atoms with Crippen LogP contribution < -0.4 is 25.9 Å². The Hall–Kier alpha value is -3.69. The molecule has 2 aromatic carbocycles. The zero-order chi connectivity index (χ0) is 33.0. The number of halogens is 3. The molecule has 44 heavy (non-hydrogen) atoms. The SMILES string of the molecule is COc1ccc([I+]c2c(F)cc(CN(C(=O)OC(C)(C)C)/C(=N\C(=O)OC(C)(C)C)N3CN(C)C(=O)N(C)C3)cc2F)cc1. The maximum absolute atomic E-state index is 15.4. The van der Waals surface area contributed by atoms with Crippen molar-refractivity contribution in [3.05, 3.63) is 60.7 Å². The minimum atomic E-state index is -1.21. The Morgan fingerprint density at radius 3 is 1.93 bits per heavy atom. The number of carbonyl (C=O) groups excluding carboxylic acids is 3. The summed E-state index contributed by atoms with van der Waals surface area (Å²) >= 11 is -1.21. The molecule has 0 bridgehead atoms. The predicted octanol–water partition coefficient (Wildman–Crippen LogP) is 2.34. The second kappa shape index (κ2) is 13.9. The number of hydrogen-bond acceptors (Lipinski definition) is 6. The highest BCUT2D eigenvalue weighted by Gasteiger charge is 2.36. The van der Waals surface area contributed by atoms with Gasteiger partial charge in [-0.25, -0.2) is 28.1 Å². The lowest BCUT2D eigenvalue weighted by Crippen LogP contribution is -3.62. The number of guanidine groups is 1. The van der Waals surface area contributed by atoms with E-state index in [0.717, 1.165) is 20.6 Å². The van der Waals surface area contributed by atoms with Gasteiger partial charge in [-0.05, 0) is 83.5 Å². The first-order chi connectivity index (χ1) is 20.4. The van der Waals surface area contributed by atoms with Crippen LogP contribution in [-0.2, 0) is 16.0 Å². The first-order valence-electron chi connectivity index (χ1n) is 13.7. The second-order valence-corrected chi connectivity index (χ2v) is 14.9. The van der Waals surface area contributed by atoms with Gasteiger partial charge in [0.2, 0.25) is 5.96 Å². The van der Waals surface area contributed by atoms with Crippen LogP contribution in [0, 0.1) is 18.8 Å². The highest BCUT2D eigenvalue weighted by Crippen LogP contribution is 2.20. The summed E-state index contributed by atoms with van der Waals surface area (Å²) in [5.74, 6) is -1.10. The molecule has 1 aliphatic heterocycles. The van der Waals surface area contributed by atoms with Crippen LogP contribution in [0.5, 0.6) is 5.75 Å². The first-order valence-corrected chi connectivity index (χ1v) is 15.8. The number of rotatable bonds is 5. The largest absolute Gasteiger partial charge is 0.497 e. The average molecular weight is 731 g/mol. The lowest BCUT2D eigenvalue weighted by Gasteiger charge is -2.42. The van der Waals surface area contributed by atoms with Crippen molar-refractivity contribution in [2.24, 2.45) is 4.99 Å². The van der Waals surface area contributed by atoms with Crippen LogP contribution in [0.15, 0.2) is 41.4 Å². The molecule has 0 radical (unpaired) electrons. The summed E-state index contributed by atoms with van der Waals surface area (Å²) in [6.07, 6.45) is -1.92. The smallest absolute Gasteiger partial charge is 0.437 e. The van der Waals surface area contributed by atoms with Crippen molar-refractivity contribution in [1.82, 2.24) is 19.6 Å². The predicted molar refractivity (Wildman–Crippen MR) is 155 cm³/mol. The van der Waals surface area contributed by atoms with Gasteiger partial charge in [0.1, 0.15) is 17.0 Å². The van der Waals surface area contributed by atoms with Gasteiger partial charge in [-0.3, -0.25) is 0 Å². The van der Waals surface area contributed by atoms with E-state index in [1.54, 1.807) is 79.9 Å². The van der Waals surface area contributed by atoms with Gasteiger partial charge in [-0.15, -0.1) is 4.99 Å². The number of amides is 4. The van der Waals surface area contributed by atoms with Crippen LogP contribution in [0.3, 0.4) is 0 Å². The summed E-state index contributed by atoms with van der Waals surface area (Å²) in [5.41, 5.74) is -1.76. The molecule has 2 aromatic rings. The van der Waals surface area contributed by atoms with Gasteiger partial charge >= 0.3 is 39.4 Å². The third-order valence-electron chi connectivity index (χ3n) is 5.78. The molecule has 0 aromatic heterocycles. The van der Waals surface area contributed by atoms with Crippen molar-refractivity contribution >= 4 is 24.2 Å². The molecule has 11 nitrogen and oxygen atoms in total. The van der Waals surface area contributed by atoms with E-state index in [4.69, 9.17) is 14.2 Å². The van der Waals surface area contributed by atoms with Gasteiger partial charge in [-0.2, -0.15) is 0 Å².